The van der Waals surface area contributed by atoms with Gasteiger partial charge in [0.2, 0.25) is 5.95 Å². The molecule has 0 saturated heterocycles. The molecular weight excluding hydrogens is 520 g/mol. The zero-order valence-corrected chi connectivity index (χ0v) is 21.1. The van der Waals surface area contributed by atoms with Crippen LogP contribution < -0.4 is 26.6 Å². The van der Waals surface area contributed by atoms with Gasteiger partial charge in [-0.25, -0.2) is 36.3 Å². The number of nitrogens with two attached hydrogens (primary N) is 2. The van der Waals surface area contributed by atoms with Crippen LogP contribution in [0.4, 0.5) is 23.1 Å². The molecule has 0 radical (unpaired) electrons. The molecule has 0 aliphatic carbocycles. The summed E-state index contributed by atoms with van der Waals surface area (Å²) in [5.74, 6) is 0.0147. The maximum Gasteiger partial charge on any atom is 0.349 e. The fourth-order valence-corrected chi connectivity index (χ4v) is 4.71. The summed E-state index contributed by atoms with van der Waals surface area (Å²) in [4.78, 5) is 22.9. The molecule has 37 heavy (non-hydrogen) atoms. The van der Waals surface area contributed by atoms with E-state index in [1.54, 1.807) is 13.0 Å². The molecule has 2 heterocycles. The van der Waals surface area contributed by atoms with Gasteiger partial charge in [-0.15, -0.1) is 0 Å². The topological polar surface area (TPSA) is 205 Å². The number of rotatable bonds is 7. The van der Waals surface area contributed by atoms with Gasteiger partial charge < -0.3 is 11.5 Å². The maximum atomic E-state index is 12.1. The van der Waals surface area contributed by atoms with Crippen molar-refractivity contribution >= 4 is 43.2 Å². The molecule has 194 valence electrons. The summed E-state index contributed by atoms with van der Waals surface area (Å²) in [5, 5.41) is 0. The van der Waals surface area contributed by atoms with Crippen LogP contribution in [0.3, 0.4) is 0 Å². The van der Waals surface area contributed by atoms with Crippen molar-refractivity contribution in [2.24, 2.45) is 0 Å². The van der Waals surface area contributed by atoms with E-state index in [1.807, 2.05) is 0 Å². The van der Waals surface area contributed by atoms with Crippen LogP contribution in [0.2, 0.25) is 0 Å². The van der Waals surface area contributed by atoms with Crippen molar-refractivity contribution in [2.75, 3.05) is 20.9 Å². The van der Waals surface area contributed by atoms with Crippen LogP contribution in [0, 0.1) is 0 Å². The second-order valence-electron chi connectivity index (χ2n) is 7.30. The Kier molecular flexibility index (Phi) is 8.41. The highest BCUT2D eigenvalue weighted by atomic mass is 32.2. The number of aromatic nitrogens is 4. The van der Waals surface area contributed by atoms with Crippen molar-refractivity contribution in [2.45, 2.75) is 23.3 Å². The molecule has 13 nitrogen and oxygen atoms in total. The molecule has 15 heteroatoms. The third kappa shape index (κ3) is 7.49. The number of nitrogens with one attached hydrogen (secondary N) is 2. The molecule has 4 rings (SSSR count). The quantitative estimate of drug-likeness (QED) is 0.247. The van der Waals surface area contributed by atoms with E-state index in [2.05, 4.69) is 24.4 Å². The summed E-state index contributed by atoms with van der Waals surface area (Å²) in [5.41, 5.74) is 11.4. The fourth-order valence-electron chi connectivity index (χ4n) is 2.75. The lowest BCUT2D eigenvalue weighted by molar-refractivity contribution is 0.599. The Bertz CT molecular complexity index is 1610. The lowest BCUT2D eigenvalue weighted by Crippen LogP contribution is -2.24. The molecule has 4 aromatic rings. The minimum atomic E-state index is -3.78. The molecular formula is C22H24N8O5S2. The molecule has 2 aromatic heterocycles. The zero-order chi connectivity index (χ0) is 27.1. The van der Waals surface area contributed by atoms with Crippen LogP contribution >= 0.6 is 0 Å². The first kappa shape index (κ1) is 27.1. The van der Waals surface area contributed by atoms with Gasteiger partial charge in [0.15, 0.2) is 0 Å². The summed E-state index contributed by atoms with van der Waals surface area (Å²) in [6, 6.07) is 14.6. The molecule has 0 aliphatic rings. The van der Waals surface area contributed by atoms with E-state index in [4.69, 9.17) is 11.5 Å². The summed E-state index contributed by atoms with van der Waals surface area (Å²) in [6.07, 6.45) is 4.39. The molecule has 0 bridgehead atoms. The van der Waals surface area contributed by atoms with Crippen LogP contribution in [0.5, 0.6) is 0 Å². The van der Waals surface area contributed by atoms with Gasteiger partial charge >= 0.3 is 5.69 Å². The van der Waals surface area contributed by atoms with Gasteiger partial charge in [0.25, 0.3) is 20.0 Å². The van der Waals surface area contributed by atoms with Gasteiger partial charge in [0, 0.05) is 36.5 Å². The predicted molar refractivity (Wildman–Crippen MR) is 140 cm³/mol. The molecule has 0 spiro atoms. The number of aryl methyl sites for hydroxylation is 1. The Morgan fingerprint density at radius 1 is 0.784 bits per heavy atom. The summed E-state index contributed by atoms with van der Waals surface area (Å²) < 4.78 is 53.8. The van der Waals surface area contributed by atoms with E-state index >= 15 is 0 Å². The van der Waals surface area contributed by atoms with Crippen LogP contribution in [-0.2, 0) is 26.6 Å². The van der Waals surface area contributed by atoms with Gasteiger partial charge in [0.05, 0.1) is 9.79 Å². The van der Waals surface area contributed by atoms with Gasteiger partial charge in [-0.1, -0.05) is 0 Å². The highest BCUT2D eigenvalue weighted by Gasteiger charge is 2.16. The van der Waals surface area contributed by atoms with Crippen LogP contribution in [0.1, 0.15) is 6.92 Å². The van der Waals surface area contributed by atoms with E-state index in [-0.39, 0.29) is 21.6 Å². The molecule has 2 aromatic carbocycles. The minimum Gasteiger partial charge on any atom is -0.399 e. The van der Waals surface area contributed by atoms with Gasteiger partial charge in [-0.2, -0.15) is 4.98 Å². The monoisotopic (exact) mass is 544 g/mol. The molecule has 0 aliphatic heterocycles. The van der Waals surface area contributed by atoms with Crippen LogP contribution in [0.15, 0.2) is 93.8 Å². The number of hydrogen-bond acceptors (Lipinski definition) is 10. The highest BCUT2D eigenvalue weighted by Crippen LogP contribution is 2.15. The van der Waals surface area contributed by atoms with Crippen molar-refractivity contribution in [3.8, 4) is 0 Å². The van der Waals surface area contributed by atoms with Crippen molar-refractivity contribution in [1.29, 1.82) is 0 Å². The predicted octanol–water partition coefficient (Wildman–Crippen LogP) is 1.51. The smallest absolute Gasteiger partial charge is 0.349 e. The number of hydrogen-bond donors (Lipinski definition) is 4. The lowest BCUT2D eigenvalue weighted by atomic mass is 10.3. The van der Waals surface area contributed by atoms with Crippen molar-refractivity contribution < 1.29 is 16.8 Å². The average Bonchev–Trinajstić information content (AvgIpc) is 2.85. The number of sulfonamides is 2. The van der Waals surface area contributed by atoms with Gasteiger partial charge in [-0.05, 0) is 67.6 Å². The van der Waals surface area contributed by atoms with E-state index in [0.717, 1.165) is 0 Å². The zero-order valence-electron chi connectivity index (χ0n) is 19.5. The van der Waals surface area contributed by atoms with Gasteiger partial charge in [-0.3, -0.25) is 9.29 Å². The third-order valence-electron chi connectivity index (χ3n) is 4.63. The standard InChI is InChI=1S/C12H14N4O3S.C10H10N4O2S/c1-2-16-8-7-11(14-12(16)17)15-20(18,19)10-5-3-9(13)4-6-10;11-8-2-4-9(5-3-8)17(15,16)14-10-12-6-1-7-13-10/h3-8H,2,13H2,1H3,(H,14,15,17);1-7H,11H2,(H,12,13,14). The Labute approximate surface area is 213 Å². The Morgan fingerprint density at radius 3 is 1.73 bits per heavy atom. The fraction of sp³-hybridized carbons (Fsp3) is 0.0909. The summed E-state index contributed by atoms with van der Waals surface area (Å²) in [6.45, 7) is 2.26. The Balaban J connectivity index is 0.000000208. The highest BCUT2D eigenvalue weighted by molar-refractivity contribution is 7.93. The molecule has 0 atom stereocenters. The van der Waals surface area contributed by atoms with Crippen LogP contribution in [-0.4, -0.2) is 36.4 Å². The van der Waals surface area contributed by atoms with E-state index in [9.17, 15) is 21.6 Å². The number of anilines is 4. The first-order valence-corrected chi connectivity index (χ1v) is 13.6. The van der Waals surface area contributed by atoms with E-state index in [0.29, 0.717) is 17.9 Å². The lowest BCUT2D eigenvalue weighted by Gasteiger charge is -2.08. The normalized spacial score (nSPS) is 11.2. The second kappa shape index (κ2) is 11.5. The molecule has 0 saturated carbocycles. The third-order valence-corrected chi connectivity index (χ3v) is 7.34. The van der Waals surface area contributed by atoms with E-state index in [1.165, 1.54) is 77.8 Å². The summed E-state index contributed by atoms with van der Waals surface area (Å²) >= 11 is 0. The SMILES string of the molecule is CCn1ccc(NS(=O)(=O)c2ccc(N)cc2)nc1=O.Nc1ccc(S(=O)(=O)Nc2ncccn2)cc1. The molecule has 0 amide bonds. The first-order valence-electron chi connectivity index (χ1n) is 10.6. The largest absolute Gasteiger partial charge is 0.399 e. The second-order valence-corrected chi connectivity index (χ2v) is 10.7. The number of nitrogens with zero attached hydrogens (tertiary/aromatic N) is 4. The Morgan fingerprint density at radius 2 is 1.27 bits per heavy atom. The van der Waals surface area contributed by atoms with Crippen molar-refractivity contribution in [3.05, 3.63) is 89.7 Å². The number of nitrogen functional groups attached to an aromatic ring is 2. The molecule has 6 N–H and O–H groups in total. The summed E-state index contributed by atoms with van der Waals surface area (Å²) in [7, 11) is -7.44. The average molecular weight is 545 g/mol. The number of benzene rings is 2. The van der Waals surface area contributed by atoms with Crippen LogP contribution in [0.25, 0.3) is 0 Å². The maximum absolute atomic E-state index is 12.1. The van der Waals surface area contributed by atoms with Crippen molar-refractivity contribution in [3.63, 3.8) is 0 Å². The molecule has 0 unspecified atom stereocenters. The Hall–Kier alpha value is -4.50. The van der Waals surface area contributed by atoms with Crippen molar-refractivity contribution in [1.82, 2.24) is 19.5 Å². The van der Waals surface area contributed by atoms with E-state index < -0.39 is 25.7 Å². The first-order chi connectivity index (χ1) is 17.5. The minimum absolute atomic E-state index is 0.0171. The molecule has 0 fully saturated rings. The van der Waals surface area contributed by atoms with Gasteiger partial charge in [0.1, 0.15) is 5.82 Å².